The summed E-state index contributed by atoms with van der Waals surface area (Å²) in [6.45, 7) is 3.09. The molecule has 1 aliphatic heterocycles. The fraction of sp³-hybridized carbons (Fsp3) is 0.286. The Labute approximate surface area is 174 Å². The lowest BCUT2D eigenvalue weighted by atomic mass is 10.2. The van der Waals surface area contributed by atoms with Crippen LogP contribution in [0.2, 0.25) is 0 Å². The number of aromatic nitrogens is 3. The van der Waals surface area contributed by atoms with Crippen molar-refractivity contribution in [1.82, 2.24) is 19.7 Å². The monoisotopic (exact) mass is 409 g/mol. The van der Waals surface area contributed by atoms with E-state index in [1.165, 1.54) is 11.8 Å². The van der Waals surface area contributed by atoms with Crippen molar-refractivity contribution in [1.29, 1.82) is 0 Å². The highest BCUT2D eigenvalue weighted by Crippen LogP contribution is 2.21. The van der Waals surface area contributed by atoms with E-state index in [0.29, 0.717) is 10.9 Å². The topological polar surface area (TPSA) is 63.5 Å². The molecule has 0 spiro atoms. The summed E-state index contributed by atoms with van der Waals surface area (Å²) in [5.74, 6) is 1.32. The highest BCUT2D eigenvalue weighted by Gasteiger charge is 2.21. The Bertz CT molecular complexity index is 937. The van der Waals surface area contributed by atoms with Gasteiger partial charge in [0, 0.05) is 31.9 Å². The van der Waals surface area contributed by atoms with Crippen LogP contribution in [-0.4, -0.2) is 64.6 Å². The number of ether oxygens (including phenoxy) is 1. The molecule has 4 rings (SSSR count). The normalized spacial score (nSPS) is 14.1. The van der Waals surface area contributed by atoms with Gasteiger partial charge in [0.2, 0.25) is 11.1 Å². The van der Waals surface area contributed by atoms with Gasteiger partial charge in [-0.1, -0.05) is 30.0 Å². The van der Waals surface area contributed by atoms with E-state index in [0.717, 1.165) is 43.3 Å². The summed E-state index contributed by atoms with van der Waals surface area (Å²) in [5.41, 5.74) is 2.11. The molecule has 0 bridgehead atoms. The number of anilines is 1. The minimum absolute atomic E-state index is 0.125. The van der Waals surface area contributed by atoms with Crippen LogP contribution in [0.4, 0.5) is 5.69 Å². The number of rotatable bonds is 6. The van der Waals surface area contributed by atoms with Crippen LogP contribution in [0.3, 0.4) is 0 Å². The first-order chi connectivity index (χ1) is 14.2. The van der Waals surface area contributed by atoms with Gasteiger partial charge in [-0.25, -0.2) is 9.67 Å². The van der Waals surface area contributed by atoms with Gasteiger partial charge in [0.25, 0.3) is 0 Å². The lowest BCUT2D eigenvalue weighted by Gasteiger charge is -2.36. The van der Waals surface area contributed by atoms with Gasteiger partial charge in [-0.05, 0) is 36.4 Å². The van der Waals surface area contributed by atoms with Crippen LogP contribution in [0, 0.1) is 0 Å². The number of nitrogens with zero attached hydrogens (tertiary/aromatic N) is 5. The van der Waals surface area contributed by atoms with Crippen LogP contribution in [0.1, 0.15) is 0 Å². The van der Waals surface area contributed by atoms with Crippen molar-refractivity contribution in [3.63, 3.8) is 0 Å². The van der Waals surface area contributed by atoms with Crippen molar-refractivity contribution in [2.24, 2.45) is 0 Å². The molecule has 0 saturated carbocycles. The van der Waals surface area contributed by atoms with Crippen LogP contribution in [0.25, 0.3) is 5.69 Å². The maximum Gasteiger partial charge on any atom is 0.233 e. The van der Waals surface area contributed by atoms with Crippen LogP contribution in [0.15, 0.2) is 66.1 Å². The lowest BCUT2D eigenvalue weighted by Crippen LogP contribution is -2.49. The third kappa shape index (κ3) is 4.71. The molecule has 1 aliphatic rings. The fourth-order valence-electron chi connectivity index (χ4n) is 3.24. The first-order valence-electron chi connectivity index (χ1n) is 9.49. The van der Waals surface area contributed by atoms with E-state index < -0.39 is 0 Å². The standard InChI is InChI=1S/C21H23N5O2S/c1-28-19-9-7-17(8-10-19)24-11-13-25(14-12-24)20(27)15-29-21-22-16-26(23-21)18-5-3-2-4-6-18/h2-10,16H,11-15H2,1H3. The van der Waals surface area contributed by atoms with Gasteiger partial charge in [-0.2, -0.15) is 0 Å². The van der Waals surface area contributed by atoms with Crippen LogP contribution >= 0.6 is 11.8 Å². The third-order valence-corrected chi connectivity index (χ3v) is 5.72. The van der Waals surface area contributed by atoms with E-state index in [-0.39, 0.29) is 5.91 Å². The van der Waals surface area contributed by atoms with E-state index in [2.05, 4.69) is 27.1 Å². The van der Waals surface area contributed by atoms with E-state index in [4.69, 9.17) is 4.74 Å². The summed E-state index contributed by atoms with van der Waals surface area (Å²) in [6.07, 6.45) is 1.68. The second kappa shape index (κ2) is 9.00. The summed E-state index contributed by atoms with van der Waals surface area (Å²) >= 11 is 1.38. The SMILES string of the molecule is COc1ccc(N2CCN(C(=O)CSc3ncn(-c4ccccc4)n3)CC2)cc1. The van der Waals surface area contributed by atoms with Crippen LogP contribution < -0.4 is 9.64 Å². The Morgan fingerprint density at radius 1 is 1.00 bits per heavy atom. The molecule has 1 amide bonds. The molecule has 8 heteroatoms. The second-order valence-electron chi connectivity index (χ2n) is 6.66. The van der Waals surface area contributed by atoms with Crippen molar-refractivity contribution in [3.05, 3.63) is 60.9 Å². The fourth-order valence-corrected chi connectivity index (χ4v) is 3.95. The van der Waals surface area contributed by atoms with Gasteiger partial charge in [0.1, 0.15) is 12.1 Å². The van der Waals surface area contributed by atoms with Crippen molar-refractivity contribution < 1.29 is 9.53 Å². The molecule has 3 aromatic rings. The predicted octanol–water partition coefficient (Wildman–Crippen LogP) is 2.72. The number of amides is 1. The summed E-state index contributed by atoms with van der Waals surface area (Å²) in [5, 5.41) is 5.05. The minimum atomic E-state index is 0.125. The number of thioether (sulfide) groups is 1. The van der Waals surface area contributed by atoms with Crippen molar-refractivity contribution >= 4 is 23.4 Å². The number of hydrogen-bond acceptors (Lipinski definition) is 6. The Morgan fingerprint density at radius 3 is 2.41 bits per heavy atom. The quantitative estimate of drug-likeness (QED) is 0.584. The number of methoxy groups -OCH3 is 1. The average Bonchev–Trinajstić information content (AvgIpc) is 3.27. The van der Waals surface area contributed by atoms with E-state index >= 15 is 0 Å². The molecule has 2 aromatic carbocycles. The number of hydrogen-bond donors (Lipinski definition) is 0. The molecular weight excluding hydrogens is 386 g/mol. The van der Waals surface area contributed by atoms with Gasteiger partial charge in [0.05, 0.1) is 18.6 Å². The largest absolute Gasteiger partial charge is 0.497 e. The molecule has 0 aliphatic carbocycles. The molecule has 1 aromatic heterocycles. The average molecular weight is 410 g/mol. The Balaban J connectivity index is 1.26. The third-order valence-electron chi connectivity index (χ3n) is 4.89. The Hall–Kier alpha value is -3.00. The van der Waals surface area contributed by atoms with E-state index in [1.807, 2.05) is 47.4 Å². The molecule has 1 saturated heterocycles. The summed E-state index contributed by atoms with van der Waals surface area (Å²) in [6, 6.07) is 17.9. The minimum Gasteiger partial charge on any atom is -0.497 e. The van der Waals surface area contributed by atoms with Gasteiger partial charge in [-0.3, -0.25) is 4.79 Å². The van der Waals surface area contributed by atoms with Crippen LogP contribution in [0.5, 0.6) is 5.75 Å². The number of piperazine rings is 1. The first-order valence-corrected chi connectivity index (χ1v) is 10.5. The maximum atomic E-state index is 12.6. The smallest absolute Gasteiger partial charge is 0.233 e. The number of para-hydroxylation sites is 1. The van der Waals surface area contributed by atoms with Gasteiger partial charge in [-0.15, -0.1) is 5.10 Å². The molecule has 0 N–H and O–H groups in total. The Morgan fingerprint density at radius 2 is 1.72 bits per heavy atom. The van der Waals surface area contributed by atoms with E-state index in [1.54, 1.807) is 18.1 Å². The first kappa shape index (κ1) is 19.3. The zero-order valence-electron chi connectivity index (χ0n) is 16.3. The Kier molecular flexibility index (Phi) is 6.00. The predicted molar refractivity (Wildman–Crippen MR) is 114 cm³/mol. The van der Waals surface area contributed by atoms with Crippen molar-refractivity contribution in [2.45, 2.75) is 5.16 Å². The maximum absolute atomic E-state index is 12.6. The molecule has 2 heterocycles. The molecule has 1 fully saturated rings. The molecule has 150 valence electrons. The van der Waals surface area contributed by atoms with Crippen molar-refractivity contribution in [3.8, 4) is 11.4 Å². The summed E-state index contributed by atoms with van der Waals surface area (Å²) in [7, 11) is 1.67. The zero-order chi connectivity index (χ0) is 20.1. The molecule has 7 nitrogen and oxygen atoms in total. The summed E-state index contributed by atoms with van der Waals surface area (Å²) < 4.78 is 6.93. The number of carbonyl (C=O) groups excluding carboxylic acids is 1. The van der Waals surface area contributed by atoms with Crippen molar-refractivity contribution in [2.75, 3.05) is 43.9 Å². The molecule has 29 heavy (non-hydrogen) atoms. The lowest BCUT2D eigenvalue weighted by molar-refractivity contribution is -0.128. The molecular formula is C21H23N5O2S. The van der Waals surface area contributed by atoms with E-state index in [9.17, 15) is 4.79 Å². The zero-order valence-corrected chi connectivity index (χ0v) is 17.1. The molecule has 0 unspecified atom stereocenters. The number of benzene rings is 2. The van der Waals surface area contributed by atoms with Gasteiger partial charge in [0.15, 0.2) is 0 Å². The van der Waals surface area contributed by atoms with Gasteiger partial charge < -0.3 is 14.5 Å². The number of carbonyl (C=O) groups is 1. The summed E-state index contributed by atoms with van der Waals surface area (Å²) in [4.78, 5) is 21.1. The highest BCUT2D eigenvalue weighted by molar-refractivity contribution is 7.99. The second-order valence-corrected chi connectivity index (χ2v) is 7.60. The van der Waals surface area contributed by atoms with Crippen LogP contribution in [-0.2, 0) is 4.79 Å². The molecule has 0 radical (unpaired) electrons. The van der Waals surface area contributed by atoms with Gasteiger partial charge >= 0.3 is 0 Å². The molecule has 0 atom stereocenters. The highest BCUT2D eigenvalue weighted by atomic mass is 32.2.